The van der Waals surface area contributed by atoms with E-state index in [9.17, 15) is 9.59 Å². The highest BCUT2D eigenvalue weighted by atomic mass is 35.5. The van der Waals surface area contributed by atoms with E-state index in [2.05, 4.69) is 10.6 Å². The Balaban J connectivity index is 0.00000264. The van der Waals surface area contributed by atoms with Crippen LogP contribution in [-0.2, 0) is 9.59 Å². The van der Waals surface area contributed by atoms with Gasteiger partial charge in [0.05, 0.1) is 19.7 Å². The van der Waals surface area contributed by atoms with Crippen molar-refractivity contribution in [3.8, 4) is 5.75 Å². The lowest BCUT2D eigenvalue weighted by Crippen LogP contribution is -2.47. The molecule has 1 aliphatic rings. The zero-order chi connectivity index (χ0) is 15.9. The van der Waals surface area contributed by atoms with Crippen LogP contribution in [0.3, 0.4) is 0 Å². The smallest absolute Gasteiger partial charge is 0.243 e. The first-order chi connectivity index (χ1) is 10.6. The molecule has 23 heavy (non-hydrogen) atoms. The monoisotopic (exact) mass is 359 g/mol. The zero-order valence-corrected chi connectivity index (χ0v) is 14.8. The first kappa shape index (κ1) is 19.6. The van der Waals surface area contributed by atoms with Gasteiger partial charge in [0.25, 0.3) is 0 Å². The normalized spacial score (nSPS) is 16.3. The Labute approximate surface area is 146 Å². The van der Waals surface area contributed by atoms with Gasteiger partial charge in [-0.3, -0.25) is 14.9 Å². The predicted octanol–water partition coefficient (Wildman–Crippen LogP) is 1.57. The predicted molar refractivity (Wildman–Crippen MR) is 95.4 cm³/mol. The maximum atomic E-state index is 12.3. The van der Waals surface area contributed by atoms with Crippen LogP contribution in [-0.4, -0.2) is 54.6 Å². The number of anilines is 1. The van der Waals surface area contributed by atoms with Gasteiger partial charge in [-0.15, -0.1) is 24.2 Å². The van der Waals surface area contributed by atoms with Crippen molar-refractivity contribution in [2.75, 3.05) is 37.1 Å². The van der Waals surface area contributed by atoms with Crippen LogP contribution < -0.4 is 15.4 Å². The minimum Gasteiger partial charge on any atom is -0.497 e. The van der Waals surface area contributed by atoms with Gasteiger partial charge in [-0.2, -0.15) is 0 Å². The zero-order valence-electron chi connectivity index (χ0n) is 13.2. The second kappa shape index (κ2) is 9.64. The Bertz CT molecular complexity index is 538. The molecule has 0 spiro atoms. The number of ether oxygens (including phenoxy) is 1. The van der Waals surface area contributed by atoms with Crippen molar-refractivity contribution in [2.45, 2.75) is 13.0 Å². The molecule has 0 bridgehead atoms. The van der Waals surface area contributed by atoms with Gasteiger partial charge in [0.2, 0.25) is 11.8 Å². The van der Waals surface area contributed by atoms with Crippen LogP contribution in [0.15, 0.2) is 24.3 Å². The molecule has 1 fully saturated rings. The Morgan fingerprint density at radius 3 is 2.87 bits per heavy atom. The minimum atomic E-state index is -0.214. The van der Waals surface area contributed by atoms with Crippen molar-refractivity contribution in [1.82, 2.24) is 10.2 Å². The van der Waals surface area contributed by atoms with Crippen LogP contribution in [0.1, 0.15) is 6.92 Å². The van der Waals surface area contributed by atoms with E-state index < -0.39 is 0 Å². The molecular weight excluding hydrogens is 338 g/mol. The Hall–Kier alpha value is -1.44. The second-order valence-electron chi connectivity index (χ2n) is 4.90. The van der Waals surface area contributed by atoms with Gasteiger partial charge in [0.1, 0.15) is 5.75 Å². The summed E-state index contributed by atoms with van der Waals surface area (Å²) in [5.74, 6) is 1.98. The molecular formula is C15H22ClN3O3S. The number of nitrogens with zero attached hydrogens (tertiary/aromatic N) is 1. The lowest BCUT2D eigenvalue weighted by molar-refractivity contribution is -0.135. The van der Waals surface area contributed by atoms with Gasteiger partial charge in [0.15, 0.2) is 0 Å². The number of carbonyl (C=O) groups excluding carboxylic acids is 2. The molecule has 6 nitrogen and oxygen atoms in total. The quantitative estimate of drug-likeness (QED) is 0.806. The molecule has 128 valence electrons. The van der Waals surface area contributed by atoms with Gasteiger partial charge >= 0.3 is 0 Å². The summed E-state index contributed by atoms with van der Waals surface area (Å²) in [5.41, 5.74) is 0.655. The molecule has 0 saturated carbocycles. The third kappa shape index (κ3) is 5.60. The van der Waals surface area contributed by atoms with E-state index in [1.807, 2.05) is 6.92 Å². The summed E-state index contributed by atoms with van der Waals surface area (Å²) in [6.45, 7) is 2.43. The lowest BCUT2D eigenvalue weighted by atomic mass is 10.2. The highest BCUT2D eigenvalue weighted by molar-refractivity contribution is 7.99. The van der Waals surface area contributed by atoms with Crippen LogP contribution in [0, 0.1) is 0 Å². The van der Waals surface area contributed by atoms with Crippen molar-refractivity contribution in [3.05, 3.63) is 24.3 Å². The molecule has 1 unspecified atom stereocenters. The summed E-state index contributed by atoms with van der Waals surface area (Å²) >= 11 is 1.69. The number of likely N-dealkylation sites (N-methyl/N-ethyl adjacent to an activating group) is 1. The average Bonchev–Trinajstić information content (AvgIpc) is 3.06. The van der Waals surface area contributed by atoms with Crippen LogP contribution in [0.25, 0.3) is 0 Å². The largest absolute Gasteiger partial charge is 0.497 e. The van der Waals surface area contributed by atoms with Gasteiger partial charge in [0, 0.05) is 29.9 Å². The third-order valence-corrected chi connectivity index (χ3v) is 4.34. The molecule has 0 aliphatic carbocycles. The molecule has 2 amide bonds. The van der Waals surface area contributed by atoms with Crippen LogP contribution in [0.5, 0.6) is 5.75 Å². The average molecular weight is 360 g/mol. The van der Waals surface area contributed by atoms with E-state index in [1.54, 1.807) is 48.0 Å². The SMILES string of the molecule is CCN(CC(=O)Nc1cccc(OC)c1)C(=O)C1CSCN1.Cl. The molecule has 2 rings (SSSR count). The maximum absolute atomic E-state index is 12.3. The summed E-state index contributed by atoms with van der Waals surface area (Å²) in [4.78, 5) is 26.0. The highest BCUT2D eigenvalue weighted by Crippen LogP contribution is 2.17. The molecule has 1 saturated heterocycles. The fourth-order valence-corrected chi connectivity index (χ4v) is 3.13. The summed E-state index contributed by atoms with van der Waals surface area (Å²) in [7, 11) is 1.57. The molecule has 1 atom stereocenters. The topological polar surface area (TPSA) is 70.7 Å². The number of halogens is 1. The first-order valence-corrected chi connectivity index (χ1v) is 8.33. The Kier molecular flexibility index (Phi) is 8.22. The van der Waals surface area contributed by atoms with E-state index in [0.29, 0.717) is 18.0 Å². The number of nitrogens with one attached hydrogen (secondary N) is 2. The number of hydrogen-bond donors (Lipinski definition) is 2. The van der Waals surface area contributed by atoms with Crippen LogP contribution in [0.2, 0.25) is 0 Å². The van der Waals surface area contributed by atoms with Crippen molar-refractivity contribution in [1.29, 1.82) is 0 Å². The summed E-state index contributed by atoms with van der Waals surface area (Å²) < 4.78 is 5.12. The number of carbonyl (C=O) groups is 2. The van der Waals surface area contributed by atoms with Gasteiger partial charge in [-0.25, -0.2) is 0 Å². The fourth-order valence-electron chi connectivity index (χ4n) is 2.19. The fraction of sp³-hybridized carbons (Fsp3) is 0.467. The number of hydrogen-bond acceptors (Lipinski definition) is 5. The van der Waals surface area contributed by atoms with E-state index in [-0.39, 0.29) is 36.8 Å². The van der Waals surface area contributed by atoms with Crippen molar-refractivity contribution in [3.63, 3.8) is 0 Å². The van der Waals surface area contributed by atoms with Gasteiger partial charge in [-0.05, 0) is 19.1 Å². The van der Waals surface area contributed by atoms with Crippen molar-refractivity contribution in [2.24, 2.45) is 0 Å². The van der Waals surface area contributed by atoms with E-state index in [0.717, 1.165) is 11.6 Å². The molecule has 1 heterocycles. The lowest BCUT2D eigenvalue weighted by Gasteiger charge is -2.23. The Morgan fingerprint density at radius 1 is 1.48 bits per heavy atom. The molecule has 0 aromatic heterocycles. The van der Waals surface area contributed by atoms with E-state index in [4.69, 9.17) is 4.74 Å². The molecule has 1 aromatic rings. The van der Waals surface area contributed by atoms with Crippen molar-refractivity contribution >= 4 is 41.7 Å². The molecule has 2 N–H and O–H groups in total. The molecule has 1 aromatic carbocycles. The van der Waals surface area contributed by atoms with Crippen LogP contribution >= 0.6 is 24.2 Å². The summed E-state index contributed by atoms with van der Waals surface area (Å²) in [5, 5.41) is 5.92. The number of rotatable bonds is 6. The van der Waals surface area contributed by atoms with Gasteiger partial charge < -0.3 is 15.0 Å². The standard InChI is InChI=1S/C15H21N3O3S.ClH/c1-3-18(15(20)13-9-22-10-16-13)8-14(19)17-11-5-4-6-12(7-11)21-2;/h4-7,13,16H,3,8-10H2,1-2H3,(H,17,19);1H. The molecule has 1 aliphatic heterocycles. The van der Waals surface area contributed by atoms with Crippen LogP contribution in [0.4, 0.5) is 5.69 Å². The van der Waals surface area contributed by atoms with Crippen molar-refractivity contribution < 1.29 is 14.3 Å². The number of methoxy groups -OCH3 is 1. The summed E-state index contributed by atoms with van der Waals surface area (Å²) in [6, 6.07) is 6.95. The number of amides is 2. The Morgan fingerprint density at radius 2 is 2.26 bits per heavy atom. The third-order valence-electron chi connectivity index (χ3n) is 3.40. The summed E-state index contributed by atoms with van der Waals surface area (Å²) in [6.07, 6.45) is 0. The minimum absolute atomic E-state index is 0. The van der Waals surface area contributed by atoms with E-state index >= 15 is 0 Å². The molecule has 8 heteroatoms. The van der Waals surface area contributed by atoms with E-state index in [1.165, 1.54) is 0 Å². The first-order valence-electron chi connectivity index (χ1n) is 7.18. The van der Waals surface area contributed by atoms with Gasteiger partial charge in [-0.1, -0.05) is 6.07 Å². The second-order valence-corrected chi connectivity index (χ2v) is 5.93. The number of benzene rings is 1. The number of thioether (sulfide) groups is 1. The molecule has 0 radical (unpaired) electrons. The maximum Gasteiger partial charge on any atom is 0.243 e. The highest BCUT2D eigenvalue weighted by Gasteiger charge is 2.27.